The molecule has 0 aliphatic carbocycles. The molecule has 20 heavy (non-hydrogen) atoms. The lowest BCUT2D eigenvalue weighted by atomic mass is 9.96. The molecule has 0 aliphatic heterocycles. The molecule has 0 fully saturated rings. The van der Waals surface area contributed by atoms with Crippen molar-refractivity contribution in [1.82, 2.24) is 5.32 Å². The van der Waals surface area contributed by atoms with Crippen LogP contribution in [0.25, 0.3) is 0 Å². The average Bonchev–Trinajstić information content (AvgIpc) is 2.34. The van der Waals surface area contributed by atoms with Gasteiger partial charge in [-0.05, 0) is 44.2 Å². The first-order valence-electron chi connectivity index (χ1n) is 7.34. The molecular weight excluding hydrogens is 248 g/mol. The van der Waals surface area contributed by atoms with Crippen LogP contribution in [0.15, 0.2) is 24.3 Å². The van der Waals surface area contributed by atoms with Crippen LogP contribution in [0.1, 0.15) is 51.7 Å². The van der Waals surface area contributed by atoms with Crippen LogP contribution in [0, 0.1) is 5.92 Å². The molecule has 1 atom stereocenters. The quantitative estimate of drug-likeness (QED) is 0.839. The number of carbonyl (C=O) groups excluding carboxylic acids is 1. The first kappa shape index (κ1) is 16.7. The summed E-state index contributed by atoms with van der Waals surface area (Å²) in [6.07, 6.45) is 1.07. The molecule has 0 aromatic heterocycles. The third-order valence-electron chi connectivity index (χ3n) is 3.24. The van der Waals surface area contributed by atoms with E-state index in [0.717, 1.165) is 12.0 Å². The molecule has 0 saturated heterocycles. The highest BCUT2D eigenvalue weighted by Crippen LogP contribution is 2.17. The normalized spacial score (nSPS) is 13.3. The maximum atomic E-state index is 12.1. The van der Waals surface area contributed by atoms with Crippen LogP contribution >= 0.6 is 0 Å². The maximum absolute atomic E-state index is 12.1. The molecule has 0 saturated carbocycles. The monoisotopic (exact) mass is 276 g/mol. The van der Waals surface area contributed by atoms with Crippen LogP contribution in [0.4, 0.5) is 0 Å². The van der Waals surface area contributed by atoms with Crippen molar-refractivity contribution < 1.29 is 4.79 Å². The van der Waals surface area contributed by atoms with Gasteiger partial charge < -0.3 is 11.1 Å². The van der Waals surface area contributed by atoms with E-state index >= 15 is 0 Å². The molecule has 3 N–H and O–H groups in total. The summed E-state index contributed by atoms with van der Waals surface area (Å²) in [7, 11) is 0. The third-order valence-corrected chi connectivity index (χ3v) is 3.24. The Kier molecular flexibility index (Phi) is 5.75. The minimum Gasteiger partial charge on any atom is -0.354 e. The zero-order valence-electron chi connectivity index (χ0n) is 13.4. The van der Waals surface area contributed by atoms with Gasteiger partial charge in [-0.2, -0.15) is 0 Å². The average molecular weight is 276 g/mol. The number of nitrogens with one attached hydrogen (secondary N) is 1. The Morgan fingerprint density at radius 1 is 1.20 bits per heavy atom. The fraction of sp³-hybridized carbons (Fsp3) is 0.588. The van der Waals surface area contributed by atoms with E-state index in [1.807, 2.05) is 20.8 Å². The smallest absolute Gasteiger partial charge is 0.227 e. The molecule has 1 aromatic carbocycles. The summed E-state index contributed by atoms with van der Waals surface area (Å²) in [6, 6.07) is 8.34. The minimum atomic E-state index is -0.378. The van der Waals surface area contributed by atoms with Gasteiger partial charge in [0, 0.05) is 12.1 Å². The second-order valence-electron chi connectivity index (χ2n) is 6.77. The van der Waals surface area contributed by atoms with E-state index in [1.165, 1.54) is 5.56 Å². The van der Waals surface area contributed by atoms with Crippen LogP contribution in [-0.4, -0.2) is 18.0 Å². The van der Waals surface area contributed by atoms with E-state index in [0.29, 0.717) is 12.5 Å². The van der Waals surface area contributed by atoms with E-state index in [9.17, 15) is 4.79 Å². The Bertz CT molecular complexity index is 429. The van der Waals surface area contributed by atoms with Gasteiger partial charge in [-0.15, -0.1) is 0 Å². The Morgan fingerprint density at radius 2 is 1.75 bits per heavy atom. The van der Waals surface area contributed by atoms with Crippen molar-refractivity contribution in [2.75, 3.05) is 6.54 Å². The standard InChI is InChI=1S/C17H28N2O/c1-12(2)10-14-6-8-15(9-7-14)13(3)16(20)19-11-17(4,5)18/h6-9,12-13H,10-11,18H2,1-5H3,(H,19,20)/t13-/m1/s1. The zero-order chi connectivity index (χ0) is 15.3. The first-order chi connectivity index (χ1) is 9.19. The van der Waals surface area contributed by atoms with Crippen molar-refractivity contribution in [2.24, 2.45) is 11.7 Å². The van der Waals surface area contributed by atoms with Crippen LogP contribution in [-0.2, 0) is 11.2 Å². The number of rotatable bonds is 6. The van der Waals surface area contributed by atoms with E-state index < -0.39 is 0 Å². The molecule has 0 radical (unpaired) electrons. The Balaban J connectivity index is 2.62. The Labute approximate surface area is 122 Å². The second-order valence-corrected chi connectivity index (χ2v) is 6.77. The molecule has 0 aliphatic rings. The van der Waals surface area contributed by atoms with Gasteiger partial charge in [-0.3, -0.25) is 4.79 Å². The highest BCUT2D eigenvalue weighted by atomic mass is 16.1. The van der Waals surface area contributed by atoms with E-state index in [2.05, 4.69) is 43.4 Å². The molecule has 1 aromatic rings. The number of hydrogen-bond donors (Lipinski definition) is 2. The van der Waals surface area contributed by atoms with Crippen molar-refractivity contribution in [1.29, 1.82) is 0 Å². The first-order valence-corrected chi connectivity index (χ1v) is 7.34. The third kappa shape index (κ3) is 5.74. The van der Waals surface area contributed by atoms with E-state index in [1.54, 1.807) is 0 Å². The molecule has 1 rings (SSSR count). The lowest BCUT2D eigenvalue weighted by Crippen LogP contribution is -2.46. The van der Waals surface area contributed by atoms with E-state index in [4.69, 9.17) is 5.73 Å². The molecule has 0 unspecified atom stereocenters. The summed E-state index contributed by atoms with van der Waals surface area (Å²) in [6.45, 7) is 10.6. The van der Waals surface area contributed by atoms with Crippen LogP contribution in [0.2, 0.25) is 0 Å². The molecule has 112 valence electrons. The van der Waals surface area contributed by atoms with Crippen molar-refractivity contribution in [2.45, 2.75) is 52.5 Å². The molecule has 1 amide bonds. The second kappa shape index (κ2) is 6.89. The number of carbonyl (C=O) groups is 1. The number of benzene rings is 1. The van der Waals surface area contributed by atoms with Gasteiger partial charge in [0.1, 0.15) is 0 Å². The summed E-state index contributed by atoms with van der Waals surface area (Å²) in [4.78, 5) is 12.1. The van der Waals surface area contributed by atoms with Crippen molar-refractivity contribution in [3.8, 4) is 0 Å². The van der Waals surface area contributed by atoms with Gasteiger partial charge in [0.2, 0.25) is 5.91 Å². The molecule has 3 nitrogen and oxygen atoms in total. The van der Waals surface area contributed by atoms with Gasteiger partial charge in [0.15, 0.2) is 0 Å². The fourth-order valence-corrected chi connectivity index (χ4v) is 2.03. The highest BCUT2D eigenvalue weighted by molar-refractivity contribution is 5.83. The van der Waals surface area contributed by atoms with Gasteiger partial charge in [-0.1, -0.05) is 38.1 Å². The number of nitrogens with two attached hydrogens (primary N) is 1. The lowest BCUT2D eigenvalue weighted by molar-refractivity contribution is -0.122. The largest absolute Gasteiger partial charge is 0.354 e. The number of hydrogen-bond acceptors (Lipinski definition) is 2. The summed E-state index contributed by atoms with van der Waals surface area (Å²) in [5.74, 6) is 0.527. The van der Waals surface area contributed by atoms with Crippen molar-refractivity contribution >= 4 is 5.91 Å². The van der Waals surface area contributed by atoms with Gasteiger partial charge in [-0.25, -0.2) is 0 Å². The fourth-order valence-electron chi connectivity index (χ4n) is 2.03. The summed E-state index contributed by atoms with van der Waals surface area (Å²) < 4.78 is 0. The van der Waals surface area contributed by atoms with Crippen LogP contribution < -0.4 is 11.1 Å². The van der Waals surface area contributed by atoms with Gasteiger partial charge in [0.05, 0.1) is 5.92 Å². The summed E-state index contributed by atoms with van der Waals surface area (Å²) in [5.41, 5.74) is 7.86. The molecule has 3 heteroatoms. The molecule has 0 bridgehead atoms. The Morgan fingerprint density at radius 3 is 2.20 bits per heavy atom. The predicted molar refractivity (Wildman–Crippen MR) is 84.7 cm³/mol. The highest BCUT2D eigenvalue weighted by Gasteiger charge is 2.18. The lowest BCUT2D eigenvalue weighted by Gasteiger charge is -2.21. The molecule has 0 spiro atoms. The SMILES string of the molecule is CC(C)Cc1ccc([C@@H](C)C(=O)NCC(C)(C)N)cc1. The zero-order valence-corrected chi connectivity index (χ0v) is 13.4. The summed E-state index contributed by atoms with van der Waals surface area (Å²) >= 11 is 0. The predicted octanol–water partition coefficient (Wildman–Crippen LogP) is 2.84. The topological polar surface area (TPSA) is 55.1 Å². The van der Waals surface area contributed by atoms with Gasteiger partial charge in [0.25, 0.3) is 0 Å². The molecule has 0 heterocycles. The van der Waals surface area contributed by atoms with Crippen LogP contribution in [0.3, 0.4) is 0 Å². The minimum absolute atomic E-state index is 0.0279. The Hall–Kier alpha value is -1.35. The van der Waals surface area contributed by atoms with Crippen LogP contribution in [0.5, 0.6) is 0 Å². The number of amides is 1. The van der Waals surface area contributed by atoms with E-state index in [-0.39, 0.29) is 17.4 Å². The summed E-state index contributed by atoms with van der Waals surface area (Å²) in [5, 5.41) is 2.90. The maximum Gasteiger partial charge on any atom is 0.227 e. The van der Waals surface area contributed by atoms with Crippen molar-refractivity contribution in [3.05, 3.63) is 35.4 Å². The van der Waals surface area contributed by atoms with Crippen molar-refractivity contribution in [3.63, 3.8) is 0 Å². The van der Waals surface area contributed by atoms with Gasteiger partial charge >= 0.3 is 0 Å². The molecular formula is C17H28N2O.